The second-order valence-electron chi connectivity index (χ2n) is 3.61. The van der Waals surface area contributed by atoms with Gasteiger partial charge in [0.1, 0.15) is 6.61 Å². The van der Waals surface area contributed by atoms with Crippen molar-refractivity contribution in [3.8, 4) is 0 Å². The predicted molar refractivity (Wildman–Crippen MR) is 67.0 cm³/mol. The molecule has 6 heteroatoms. The average Bonchev–Trinajstić information content (AvgIpc) is 2.31. The van der Waals surface area contributed by atoms with Crippen LogP contribution in [0.5, 0.6) is 0 Å². The first kappa shape index (κ1) is 14.5. The van der Waals surface area contributed by atoms with Gasteiger partial charge in [-0.2, -0.15) is 0 Å². The number of benzene rings is 1. The van der Waals surface area contributed by atoms with Gasteiger partial charge in [0, 0.05) is 17.1 Å². The van der Waals surface area contributed by atoms with Gasteiger partial charge in [-0.05, 0) is 24.6 Å². The van der Waals surface area contributed by atoms with E-state index in [4.69, 9.17) is 21.4 Å². The smallest absolute Gasteiger partial charge is 0.329 e. The maximum Gasteiger partial charge on any atom is 0.329 e. The van der Waals surface area contributed by atoms with Gasteiger partial charge >= 0.3 is 5.97 Å². The molecule has 1 amide bonds. The van der Waals surface area contributed by atoms with Gasteiger partial charge in [-0.25, -0.2) is 4.79 Å². The summed E-state index contributed by atoms with van der Waals surface area (Å²) >= 11 is 5.91. The summed E-state index contributed by atoms with van der Waals surface area (Å²) in [5.41, 5.74) is 1.21. The molecule has 0 radical (unpaired) electrons. The molecule has 0 unspecified atom stereocenters. The molecule has 1 rings (SSSR count). The Morgan fingerprint density at radius 1 is 1.44 bits per heavy atom. The number of amides is 1. The third-order valence-corrected chi connectivity index (χ3v) is 2.68. The van der Waals surface area contributed by atoms with Crippen LogP contribution in [0, 0.1) is 6.92 Å². The summed E-state index contributed by atoms with van der Waals surface area (Å²) in [6.45, 7) is 1.79. The van der Waals surface area contributed by atoms with Crippen molar-refractivity contribution in [1.82, 2.24) is 5.32 Å². The molecular weight excluding hydrogens is 258 g/mol. The topological polar surface area (TPSA) is 75.6 Å². The minimum absolute atomic E-state index is 0.150. The summed E-state index contributed by atoms with van der Waals surface area (Å²) in [4.78, 5) is 21.9. The largest absolute Gasteiger partial charge is 0.480 e. The molecule has 98 valence electrons. The first-order valence-electron chi connectivity index (χ1n) is 5.35. The zero-order chi connectivity index (χ0) is 13.5. The fourth-order valence-corrected chi connectivity index (χ4v) is 1.52. The van der Waals surface area contributed by atoms with Crippen molar-refractivity contribution in [3.63, 3.8) is 0 Å². The van der Waals surface area contributed by atoms with Crippen LogP contribution in [-0.4, -0.2) is 36.7 Å². The van der Waals surface area contributed by atoms with Crippen LogP contribution < -0.4 is 5.32 Å². The number of aliphatic carboxylic acids is 1. The highest BCUT2D eigenvalue weighted by atomic mass is 35.5. The normalized spacial score (nSPS) is 10.1. The Hall–Kier alpha value is -1.59. The minimum Gasteiger partial charge on any atom is -0.480 e. The molecule has 0 heterocycles. The summed E-state index contributed by atoms with van der Waals surface area (Å²) in [7, 11) is 0. The molecule has 0 aliphatic heterocycles. The second-order valence-corrected chi connectivity index (χ2v) is 4.02. The Balaban J connectivity index is 2.41. The first-order chi connectivity index (χ1) is 8.52. The number of halogens is 1. The number of hydrogen-bond donors (Lipinski definition) is 2. The number of carbonyl (C=O) groups is 2. The third kappa shape index (κ3) is 4.35. The van der Waals surface area contributed by atoms with Crippen molar-refractivity contribution >= 4 is 23.5 Å². The fourth-order valence-electron chi connectivity index (χ4n) is 1.34. The molecule has 0 fully saturated rings. The van der Waals surface area contributed by atoms with E-state index >= 15 is 0 Å². The van der Waals surface area contributed by atoms with Crippen LogP contribution in [0.2, 0.25) is 5.02 Å². The van der Waals surface area contributed by atoms with Gasteiger partial charge in [-0.15, -0.1) is 0 Å². The van der Waals surface area contributed by atoms with Crippen LogP contribution >= 0.6 is 11.6 Å². The molecule has 18 heavy (non-hydrogen) atoms. The van der Waals surface area contributed by atoms with Gasteiger partial charge in [0.25, 0.3) is 5.91 Å². The van der Waals surface area contributed by atoms with Crippen LogP contribution in [-0.2, 0) is 9.53 Å². The molecule has 0 aliphatic rings. The van der Waals surface area contributed by atoms with E-state index in [1.54, 1.807) is 25.1 Å². The van der Waals surface area contributed by atoms with E-state index in [-0.39, 0.29) is 25.7 Å². The molecule has 0 atom stereocenters. The zero-order valence-electron chi connectivity index (χ0n) is 9.90. The lowest BCUT2D eigenvalue weighted by atomic mass is 10.1. The van der Waals surface area contributed by atoms with Gasteiger partial charge < -0.3 is 15.2 Å². The highest BCUT2D eigenvalue weighted by Crippen LogP contribution is 2.18. The van der Waals surface area contributed by atoms with Crippen LogP contribution in [0.1, 0.15) is 15.9 Å². The molecular formula is C12H14ClNO4. The van der Waals surface area contributed by atoms with Gasteiger partial charge in [-0.3, -0.25) is 4.79 Å². The Labute approximate surface area is 110 Å². The van der Waals surface area contributed by atoms with Crippen molar-refractivity contribution in [1.29, 1.82) is 0 Å². The van der Waals surface area contributed by atoms with Gasteiger partial charge in [0.05, 0.1) is 6.61 Å². The lowest BCUT2D eigenvalue weighted by Gasteiger charge is -2.08. The first-order valence-corrected chi connectivity index (χ1v) is 5.73. The SMILES string of the molecule is Cc1c(Cl)cccc1C(=O)NCCOCC(=O)O. The lowest BCUT2D eigenvalue weighted by Crippen LogP contribution is -2.28. The van der Waals surface area contributed by atoms with Gasteiger partial charge in [-0.1, -0.05) is 17.7 Å². The van der Waals surface area contributed by atoms with Crippen molar-refractivity contribution in [2.45, 2.75) is 6.92 Å². The zero-order valence-corrected chi connectivity index (χ0v) is 10.7. The van der Waals surface area contributed by atoms with E-state index in [0.717, 1.165) is 0 Å². The molecule has 1 aromatic carbocycles. The number of ether oxygens (including phenoxy) is 1. The van der Waals surface area contributed by atoms with E-state index in [2.05, 4.69) is 5.32 Å². The molecule has 1 aromatic rings. The Bertz CT molecular complexity index is 448. The average molecular weight is 272 g/mol. The summed E-state index contributed by atoms with van der Waals surface area (Å²) in [5, 5.41) is 11.5. The lowest BCUT2D eigenvalue weighted by molar-refractivity contribution is -0.142. The number of rotatable bonds is 6. The second kappa shape index (κ2) is 6.98. The Kier molecular flexibility index (Phi) is 5.61. The summed E-state index contributed by atoms with van der Waals surface area (Å²) in [6, 6.07) is 5.09. The Morgan fingerprint density at radius 2 is 2.17 bits per heavy atom. The summed E-state index contributed by atoms with van der Waals surface area (Å²) in [6.07, 6.45) is 0. The maximum absolute atomic E-state index is 11.8. The molecule has 0 saturated carbocycles. The quantitative estimate of drug-likeness (QED) is 0.769. The number of nitrogens with one attached hydrogen (secondary N) is 1. The summed E-state index contributed by atoms with van der Waals surface area (Å²) in [5.74, 6) is -1.29. The number of hydrogen-bond acceptors (Lipinski definition) is 3. The van der Waals surface area contributed by atoms with Crippen molar-refractivity contribution in [2.75, 3.05) is 19.8 Å². The minimum atomic E-state index is -1.04. The molecule has 5 nitrogen and oxygen atoms in total. The predicted octanol–water partition coefficient (Wildman–Crippen LogP) is 1.48. The molecule has 0 bridgehead atoms. The van der Waals surface area contributed by atoms with Crippen LogP contribution in [0.4, 0.5) is 0 Å². The van der Waals surface area contributed by atoms with Gasteiger partial charge in [0.2, 0.25) is 0 Å². The van der Waals surface area contributed by atoms with E-state index in [1.165, 1.54) is 0 Å². The van der Waals surface area contributed by atoms with E-state index in [1.807, 2.05) is 0 Å². The highest BCUT2D eigenvalue weighted by Gasteiger charge is 2.10. The molecule has 0 aliphatic carbocycles. The Morgan fingerprint density at radius 3 is 2.83 bits per heavy atom. The third-order valence-electron chi connectivity index (χ3n) is 2.27. The van der Waals surface area contributed by atoms with E-state index in [9.17, 15) is 9.59 Å². The van der Waals surface area contributed by atoms with Crippen molar-refractivity contribution in [2.24, 2.45) is 0 Å². The molecule has 0 spiro atoms. The molecule has 0 saturated heterocycles. The van der Waals surface area contributed by atoms with E-state index in [0.29, 0.717) is 16.1 Å². The van der Waals surface area contributed by atoms with Crippen molar-refractivity contribution in [3.05, 3.63) is 34.3 Å². The van der Waals surface area contributed by atoms with E-state index < -0.39 is 5.97 Å². The molecule has 0 aromatic heterocycles. The maximum atomic E-state index is 11.8. The van der Waals surface area contributed by atoms with Crippen LogP contribution in [0.25, 0.3) is 0 Å². The van der Waals surface area contributed by atoms with Crippen LogP contribution in [0.3, 0.4) is 0 Å². The van der Waals surface area contributed by atoms with Crippen LogP contribution in [0.15, 0.2) is 18.2 Å². The van der Waals surface area contributed by atoms with Gasteiger partial charge in [0.15, 0.2) is 0 Å². The number of carboxylic acid groups (broad SMARTS) is 1. The molecule has 2 N–H and O–H groups in total. The summed E-state index contributed by atoms with van der Waals surface area (Å²) < 4.78 is 4.79. The number of carboxylic acids is 1. The standard InChI is InChI=1S/C12H14ClNO4/c1-8-9(3-2-4-10(8)13)12(17)14-5-6-18-7-11(15)16/h2-4H,5-7H2,1H3,(H,14,17)(H,15,16). The van der Waals surface area contributed by atoms with Crippen molar-refractivity contribution < 1.29 is 19.4 Å². The highest BCUT2D eigenvalue weighted by molar-refractivity contribution is 6.31. The monoisotopic (exact) mass is 271 g/mol. The number of carbonyl (C=O) groups excluding carboxylic acids is 1. The fraction of sp³-hybridized carbons (Fsp3) is 0.333.